The lowest BCUT2D eigenvalue weighted by molar-refractivity contribution is -0.142. The van der Waals surface area contributed by atoms with Gasteiger partial charge in [-0.25, -0.2) is 9.18 Å². The summed E-state index contributed by atoms with van der Waals surface area (Å²) >= 11 is 0. The number of benzene rings is 1. The molecular formula is C27H31BFN3O5. The number of fused-ring (bicyclic) bond motifs is 2. The monoisotopic (exact) mass is 507 g/mol. The first-order chi connectivity index (χ1) is 17.4. The van der Waals surface area contributed by atoms with Gasteiger partial charge in [0.05, 0.1) is 34.9 Å². The van der Waals surface area contributed by atoms with Crippen molar-refractivity contribution in [1.82, 2.24) is 10.2 Å². The lowest BCUT2D eigenvalue weighted by Crippen LogP contribution is -2.52. The molecule has 0 aromatic heterocycles. The predicted octanol–water partition coefficient (Wildman–Crippen LogP) is 4.03. The third kappa shape index (κ3) is 4.05. The van der Waals surface area contributed by atoms with Gasteiger partial charge in [0.2, 0.25) is 5.67 Å². The van der Waals surface area contributed by atoms with Crippen molar-refractivity contribution in [3.8, 4) is 6.07 Å². The minimum absolute atomic E-state index is 0.268. The fraction of sp³-hybridized carbons (Fsp3) is 0.519. The lowest BCUT2D eigenvalue weighted by Gasteiger charge is -2.35. The first-order valence-electron chi connectivity index (χ1n) is 12.7. The Morgan fingerprint density at radius 2 is 1.81 bits per heavy atom. The first-order valence-corrected chi connectivity index (χ1v) is 12.7. The molecule has 4 atom stereocenters. The summed E-state index contributed by atoms with van der Waals surface area (Å²) in [7, 11) is -0.838. The molecule has 10 heteroatoms. The van der Waals surface area contributed by atoms with Crippen LogP contribution in [0.4, 0.5) is 9.18 Å². The fourth-order valence-electron chi connectivity index (χ4n) is 6.02. The van der Waals surface area contributed by atoms with Crippen LogP contribution in [-0.2, 0) is 14.1 Å². The zero-order chi connectivity index (χ0) is 26.8. The topological polar surface area (TPSA) is 112 Å². The van der Waals surface area contributed by atoms with E-state index >= 15 is 4.39 Å². The molecule has 4 aliphatic rings. The van der Waals surface area contributed by atoms with Crippen molar-refractivity contribution in [2.45, 2.75) is 88.4 Å². The Morgan fingerprint density at radius 1 is 1.16 bits per heavy atom. The van der Waals surface area contributed by atoms with E-state index in [1.807, 2.05) is 64.1 Å². The van der Waals surface area contributed by atoms with E-state index in [9.17, 15) is 20.0 Å². The molecule has 194 valence electrons. The maximum atomic E-state index is 17.0. The van der Waals surface area contributed by atoms with E-state index in [4.69, 9.17) is 9.31 Å². The number of carbonyl (C=O) groups is 2. The molecule has 1 unspecified atom stereocenters. The summed E-state index contributed by atoms with van der Waals surface area (Å²) < 4.78 is 29.5. The number of carbonyl (C=O) groups excluding carboxylic acids is 1. The fourth-order valence-corrected chi connectivity index (χ4v) is 6.02. The molecule has 1 aromatic rings. The van der Waals surface area contributed by atoms with Gasteiger partial charge in [0.15, 0.2) is 0 Å². The third-order valence-electron chi connectivity index (χ3n) is 8.66. The van der Waals surface area contributed by atoms with E-state index in [0.29, 0.717) is 35.9 Å². The van der Waals surface area contributed by atoms with Crippen LogP contribution in [0, 0.1) is 11.3 Å². The molecule has 3 heterocycles. The van der Waals surface area contributed by atoms with Crippen LogP contribution in [-0.4, -0.2) is 64.1 Å². The normalized spacial score (nSPS) is 31.8. The zero-order valence-electron chi connectivity index (χ0n) is 21.5. The van der Waals surface area contributed by atoms with E-state index in [1.54, 1.807) is 0 Å². The van der Waals surface area contributed by atoms with Crippen molar-refractivity contribution in [2.24, 2.45) is 0 Å². The standard InChI is InChI=1S/C27H31BFN3O5/c1-25(2)26(3,4)37-28(36-25)20-12-17(15-30)27(29,14-19(20)16-8-6-5-7-9-16)23(33)32-18-10-11-22(32)21(13-18)31-24(34)35/h5-9,12,18,21-22,31H,10-11,13-14H2,1-4H3,(H,34,35)/t18-,21+,22+,27?/m1/s1. The molecule has 0 spiro atoms. The Morgan fingerprint density at radius 3 is 2.41 bits per heavy atom. The average molecular weight is 507 g/mol. The number of amides is 2. The van der Waals surface area contributed by atoms with E-state index in [1.165, 1.54) is 11.0 Å². The maximum Gasteiger partial charge on any atom is 0.495 e. The van der Waals surface area contributed by atoms with E-state index in [-0.39, 0.29) is 18.0 Å². The van der Waals surface area contributed by atoms with Crippen molar-refractivity contribution in [2.75, 3.05) is 0 Å². The van der Waals surface area contributed by atoms with Crippen molar-refractivity contribution >= 4 is 24.7 Å². The van der Waals surface area contributed by atoms with Gasteiger partial charge < -0.3 is 24.6 Å². The zero-order valence-corrected chi connectivity index (χ0v) is 21.5. The number of nitriles is 1. The Kier molecular flexibility index (Phi) is 6.00. The van der Waals surface area contributed by atoms with Crippen LogP contribution in [0.15, 0.2) is 47.5 Å². The van der Waals surface area contributed by atoms with Crippen LogP contribution in [0.5, 0.6) is 0 Å². The molecule has 5 rings (SSSR count). The molecule has 3 fully saturated rings. The number of alkyl halides is 1. The smallest absolute Gasteiger partial charge is 0.465 e. The highest BCUT2D eigenvalue weighted by molar-refractivity contribution is 6.57. The minimum Gasteiger partial charge on any atom is -0.465 e. The predicted molar refractivity (Wildman–Crippen MR) is 135 cm³/mol. The molecule has 0 radical (unpaired) electrons. The van der Waals surface area contributed by atoms with Crippen LogP contribution >= 0.6 is 0 Å². The summed E-state index contributed by atoms with van der Waals surface area (Å²) in [6.45, 7) is 7.67. The Balaban J connectivity index is 1.55. The molecule has 2 N–H and O–H groups in total. The summed E-state index contributed by atoms with van der Waals surface area (Å²) in [5.74, 6) is -0.788. The molecule has 2 amide bonds. The molecule has 0 saturated carbocycles. The highest BCUT2D eigenvalue weighted by Crippen LogP contribution is 2.48. The van der Waals surface area contributed by atoms with Crippen LogP contribution in [0.1, 0.15) is 58.9 Å². The molecule has 8 nitrogen and oxygen atoms in total. The summed E-state index contributed by atoms with van der Waals surface area (Å²) in [6.07, 6.45) is 1.60. The number of allylic oxidation sites excluding steroid dienone is 3. The van der Waals surface area contributed by atoms with Crippen molar-refractivity contribution in [3.63, 3.8) is 0 Å². The van der Waals surface area contributed by atoms with E-state index in [0.717, 1.165) is 0 Å². The van der Waals surface area contributed by atoms with Gasteiger partial charge in [0.1, 0.15) is 0 Å². The molecule has 37 heavy (non-hydrogen) atoms. The number of nitrogens with zero attached hydrogens (tertiary/aromatic N) is 2. The van der Waals surface area contributed by atoms with E-state index in [2.05, 4.69) is 5.32 Å². The summed E-state index contributed by atoms with van der Waals surface area (Å²) in [5.41, 5.74) is -2.40. The second-order valence-electron chi connectivity index (χ2n) is 11.3. The van der Waals surface area contributed by atoms with Crippen molar-refractivity contribution < 1.29 is 28.4 Å². The second kappa shape index (κ2) is 8.71. The van der Waals surface area contributed by atoms with Gasteiger partial charge in [0.25, 0.3) is 5.91 Å². The number of nitrogens with one attached hydrogen (secondary N) is 1. The number of halogens is 1. The third-order valence-corrected chi connectivity index (χ3v) is 8.66. The second-order valence-corrected chi connectivity index (χ2v) is 11.3. The van der Waals surface area contributed by atoms with Crippen LogP contribution in [0.2, 0.25) is 0 Å². The quantitative estimate of drug-likeness (QED) is 0.596. The van der Waals surface area contributed by atoms with E-state index < -0.39 is 48.1 Å². The van der Waals surface area contributed by atoms with Gasteiger partial charge in [-0.15, -0.1) is 0 Å². The molecule has 1 aliphatic carbocycles. The van der Waals surface area contributed by atoms with Gasteiger partial charge in [0, 0.05) is 12.5 Å². The summed E-state index contributed by atoms with van der Waals surface area (Å²) in [4.78, 5) is 26.6. The molecule has 1 aromatic carbocycles. The first kappa shape index (κ1) is 25.5. The number of hydrogen-bond donors (Lipinski definition) is 2. The van der Waals surface area contributed by atoms with Gasteiger partial charge in [-0.05, 0) is 69.6 Å². The van der Waals surface area contributed by atoms with Gasteiger partial charge in [-0.1, -0.05) is 30.3 Å². The van der Waals surface area contributed by atoms with Crippen LogP contribution in [0.3, 0.4) is 0 Å². The average Bonchev–Trinajstić information content (AvgIpc) is 3.46. The van der Waals surface area contributed by atoms with Crippen molar-refractivity contribution in [3.05, 3.63) is 53.0 Å². The Labute approximate surface area is 216 Å². The summed E-state index contributed by atoms with van der Waals surface area (Å²) in [6, 6.07) is 9.97. The lowest BCUT2D eigenvalue weighted by atomic mass is 9.66. The van der Waals surface area contributed by atoms with Gasteiger partial charge >= 0.3 is 13.2 Å². The molecule has 3 aliphatic heterocycles. The number of hydrogen-bond acceptors (Lipinski definition) is 5. The molecular weight excluding hydrogens is 476 g/mol. The summed E-state index contributed by atoms with van der Waals surface area (Å²) in [5, 5.41) is 21.7. The van der Waals surface area contributed by atoms with Crippen LogP contribution in [0.25, 0.3) is 5.57 Å². The SMILES string of the molecule is CC1(C)OB(C2=C(c3ccccc3)CC(F)(C(=O)N3[C@@H]4CC[C@H]3[C@@H](NC(=O)O)C4)C(C#N)=C2)OC1(C)C. The highest BCUT2D eigenvalue weighted by Gasteiger charge is 2.59. The number of carboxylic acid groups (broad SMARTS) is 1. The van der Waals surface area contributed by atoms with Crippen molar-refractivity contribution in [1.29, 1.82) is 5.26 Å². The maximum absolute atomic E-state index is 17.0. The Bertz CT molecular complexity index is 1220. The number of rotatable bonds is 4. The highest BCUT2D eigenvalue weighted by atomic mass is 19.1. The largest absolute Gasteiger partial charge is 0.495 e. The van der Waals surface area contributed by atoms with Gasteiger partial charge in [-0.3, -0.25) is 4.79 Å². The Hall–Kier alpha value is -3.16. The molecule has 3 saturated heterocycles. The van der Waals surface area contributed by atoms with Gasteiger partial charge in [-0.2, -0.15) is 5.26 Å². The molecule has 2 bridgehead atoms. The minimum atomic E-state index is -2.59. The van der Waals surface area contributed by atoms with Crippen LogP contribution < -0.4 is 5.32 Å².